The van der Waals surface area contributed by atoms with Crippen LogP contribution in [-0.2, 0) is 31.6 Å². The van der Waals surface area contributed by atoms with E-state index in [1.54, 1.807) is 0 Å². The Morgan fingerprint density at radius 3 is 2.48 bits per heavy atom. The largest absolute Gasteiger partial charge is 0.490 e. The van der Waals surface area contributed by atoms with Crippen LogP contribution in [0.3, 0.4) is 0 Å². The third-order valence-electron chi connectivity index (χ3n) is 3.71. The summed E-state index contributed by atoms with van der Waals surface area (Å²) >= 11 is 0. The SMILES string of the molecule is C[C@H]1O[C@@H](n2cnc3c(N)ncnc32)CC1OP(=O)(O)OP(=O)(O)OP(=O)(O)O. The molecule has 0 aromatic carbocycles. The van der Waals surface area contributed by atoms with E-state index in [1.807, 2.05) is 0 Å². The van der Waals surface area contributed by atoms with Crippen molar-refractivity contribution in [2.45, 2.75) is 31.8 Å². The fourth-order valence-corrected chi connectivity index (χ4v) is 5.90. The second kappa shape index (κ2) is 7.76. The predicted octanol–water partition coefficient (Wildman–Crippen LogP) is 0.428. The van der Waals surface area contributed by atoms with Gasteiger partial charge in [-0.2, -0.15) is 8.62 Å². The van der Waals surface area contributed by atoms with Crippen LogP contribution < -0.4 is 5.73 Å². The quantitative estimate of drug-likeness (QED) is 0.341. The number of rotatable bonds is 7. The van der Waals surface area contributed by atoms with Crippen molar-refractivity contribution in [3.8, 4) is 0 Å². The molecule has 6 N–H and O–H groups in total. The number of anilines is 1. The standard InChI is InChI=1S/C10H16N5O11P3/c1-5-6(24-28(19,20)26-29(21,22)25-27(16,17)18)2-7(23-5)15-4-14-8-9(11)12-3-13-10(8)15/h3-7H,2H2,1H3,(H,19,20)(H,21,22)(H2,11,12,13)(H2,16,17,18)/t5-,6?,7-/m1/s1. The molecule has 19 heteroatoms. The maximum Gasteiger partial charge on any atom is 0.490 e. The van der Waals surface area contributed by atoms with Crippen molar-refractivity contribution in [2.24, 2.45) is 0 Å². The molecule has 29 heavy (non-hydrogen) atoms. The van der Waals surface area contributed by atoms with E-state index in [0.717, 1.165) is 0 Å². The number of nitrogens with two attached hydrogens (primary N) is 1. The molecule has 2 aromatic heterocycles. The molecular formula is C10H16N5O11P3. The van der Waals surface area contributed by atoms with Crippen molar-refractivity contribution < 1.29 is 51.2 Å². The number of phosphoric acid groups is 3. The van der Waals surface area contributed by atoms with E-state index in [2.05, 4.69) is 23.6 Å². The molecule has 3 rings (SSSR count). The maximum absolute atomic E-state index is 12.0. The highest BCUT2D eigenvalue weighted by molar-refractivity contribution is 7.66. The second-order valence-electron chi connectivity index (χ2n) is 5.85. The minimum absolute atomic E-state index is 0.0282. The molecular weight excluding hydrogens is 459 g/mol. The van der Waals surface area contributed by atoms with Crippen LogP contribution in [0.15, 0.2) is 12.7 Å². The molecule has 0 saturated carbocycles. The van der Waals surface area contributed by atoms with Gasteiger partial charge in [0.2, 0.25) is 0 Å². The van der Waals surface area contributed by atoms with Crippen molar-refractivity contribution in [1.82, 2.24) is 19.5 Å². The van der Waals surface area contributed by atoms with Crippen LogP contribution in [0, 0.1) is 0 Å². The van der Waals surface area contributed by atoms with Crippen molar-refractivity contribution in [3.05, 3.63) is 12.7 Å². The molecule has 0 bridgehead atoms. The van der Waals surface area contributed by atoms with E-state index in [4.69, 9.17) is 24.8 Å². The van der Waals surface area contributed by atoms with E-state index < -0.39 is 41.9 Å². The molecule has 3 unspecified atom stereocenters. The maximum atomic E-state index is 12.0. The molecule has 1 aliphatic rings. The summed E-state index contributed by atoms with van der Waals surface area (Å²) in [6.07, 6.45) is -0.0805. The Morgan fingerprint density at radius 2 is 1.83 bits per heavy atom. The van der Waals surface area contributed by atoms with Crippen molar-refractivity contribution in [3.63, 3.8) is 0 Å². The zero-order valence-corrected chi connectivity index (χ0v) is 17.1. The lowest BCUT2D eigenvalue weighted by molar-refractivity contribution is -0.00651. The van der Waals surface area contributed by atoms with Gasteiger partial charge in [0.15, 0.2) is 11.5 Å². The first-order chi connectivity index (χ1) is 13.3. The van der Waals surface area contributed by atoms with Crippen molar-refractivity contribution in [2.75, 3.05) is 5.73 Å². The molecule has 3 heterocycles. The Balaban J connectivity index is 1.72. The van der Waals surface area contributed by atoms with Crippen LogP contribution in [0.25, 0.3) is 11.2 Å². The zero-order valence-electron chi connectivity index (χ0n) is 14.4. The number of imidazole rings is 1. The first-order valence-electron chi connectivity index (χ1n) is 7.67. The van der Waals surface area contributed by atoms with Gasteiger partial charge < -0.3 is 30.0 Å². The van der Waals surface area contributed by atoms with Crippen LogP contribution in [-0.4, -0.2) is 51.3 Å². The number of hydrogen-bond acceptors (Lipinski definition) is 11. The Kier molecular flexibility index (Phi) is 6.00. The van der Waals surface area contributed by atoms with Gasteiger partial charge in [-0.05, 0) is 6.92 Å². The van der Waals surface area contributed by atoms with Crippen LogP contribution >= 0.6 is 23.5 Å². The first kappa shape index (κ1) is 22.4. The molecule has 0 radical (unpaired) electrons. The molecule has 162 valence electrons. The molecule has 16 nitrogen and oxygen atoms in total. The summed E-state index contributed by atoms with van der Waals surface area (Å²) in [5.41, 5.74) is 6.37. The number of fused-ring (bicyclic) bond motifs is 1. The summed E-state index contributed by atoms with van der Waals surface area (Å²) in [6, 6.07) is 0. The summed E-state index contributed by atoms with van der Waals surface area (Å²) in [5.74, 6) is 0.143. The van der Waals surface area contributed by atoms with E-state index in [9.17, 15) is 23.5 Å². The van der Waals surface area contributed by atoms with E-state index >= 15 is 0 Å². The predicted molar refractivity (Wildman–Crippen MR) is 92.7 cm³/mol. The van der Waals surface area contributed by atoms with Crippen molar-refractivity contribution in [1.29, 1.82) is 0 Å². The Labute approximate surface area is 162 Å². The average Bonchev–Trinajstić information content (AvgIpc) is 3.08. The lowest BCUT2D eigenvalue weighted by Gasteiger charge is -2.20. The van der Waals surface area contributed by atoms with Crippen LogP contribution in [0.5, 0.6) is 0 Å². The van der Waals surface area contributed by atoms with Crippen molar-refractivity contribution >= 4 is 40.4 Å². The molecule has 5 atom stereocenters. The topological polar surface area (TPSA) is 239 Å². The monoisotopic (exact) mass is 475 g/mol. The van der Waals surface area contributed by atoms with Crippen LogP contribution in [0.2, 0.25) is 0 Å². The first-order valence-corrected chi connectivity index (χ1v) is 12.2. The number of ether oxygens (including phenoxy) is 1. The van der Waals surface area contributed by atoms with Gasteiger partial charge in [0.25, 0.3) is 0 Å². The van der Waals surface area contributed by atoms with Gasteiger partial charge in [-0.25, -0.2) is 28.6 Å². The lowest BCUT2D eigenvalue weighted by atomic mass is 10.2. The molecule has 0 amide bonds. The Bertz CT molecular complexity index is 1060. The summed E-state index contributed by atoms with van der Waals surface area (Å²) in [4.78, 5) is 47.9. The summed E-state index contributed by atoms with van der Waals surface area (Å²) in [6.45, 7) is 1.50. The molecule has 2 aromatic rings. The van der Waals surface area contributed by atoms with Gasteiger partial charge >= 0.3 is 23.5 Å². The Morgan fingerprint density at radius 1 is 1.14 bits per heavy atom. The molecule has 0 spiro atoms. The van der Waals surface area contributed by atoms with Gasteiger partial charge in [-0.1, -0.05) is 0 Å². The molecule has 0 aliphatic carbocycles. The number of hydrogen-bond donors (Lipinski definition) is 5. The fraction of sp³-hybridized carbons (Fsp3) is 0.500. The minimum atomic E-state index is -5.60. The highest BCUT2D eigenvalue weighted by Crippen LogP contribution is 2.67. The van der Waals surface area contributed by atoms with Crippen LogP contribution in [0.1, 0.15) is 19.6 Å². The average molecular weight is 475 g/mol. The summed E-state index contributed by atoms with van der Waals surface area (Å²) in [5, 5.41) is 0. The Hall–Kier alpha value is -1.28. The summed E-state index contributed by atoms with van der Waals surface area (Å²) < 4.78 is 53.4. The van der Waals surface area contributed by atoms with Gasteiger partial charge in [0.05, 0.1) is 18.5 Å². The number of nitrogen functional groups attached to an aromatic ring is 1. The van der Waals surface area contributed by atoms with Gasteiger partial charge in [0, 0.05) is 6.42 Å². The summed E-state index contributed by atoms with van der Waals surface area (Å²) in [7, 11) is -16.4. The number of phosphoric ester groups is 1. The van der Waals surface area contributed by atoms with E-state index in [0.29, 0.717) is 11.2 Å². The molecule has 1 aliphatic heterocycles. The van der Waals surface area contributed by atoms with E-state index in [1.165, 1.54) is 24.1 Å². The zero-order chi connectivity index (χ0) is 21.6. The number of aromatic nitrogens is 4. The number of nitrogens with zero attached hydrogens (tertiary/aromatic N) is 4. The highest BCUT2D eigenvalue weighted by Gasteiger charge is 2.45. The van der Waals surface area contributed by atoms with Crippen LogP contribution in [0.4, 0.5) is 5.82 Å². The normalized spacial score (nSPS) is 27.0. The van der Waals surface area contributed by atoms with Gasteiger partial charge in [-0.15, -0.1) is 0 Å². The molecule has 1 saturated heterocycles. The van der Waals surface area contributed by atoms with Gasteiger partial charge in [0.1, 0.15) is 18.1 Å². The smallest absolute Gasteiger partial charge is 0.382 e. The minimum Gasteiger partial charge on any atom is -0.382 e. The lowest BCUT2D eigenvalue weighted by Crippen LogP contribution is -2.20. The van der Waals surface area contributed by atoms with Gasteiger partial charge in [-0.3, -0.25) is 9.09 Å². The molecule has 1 fully saturated rings. The third-order valence-corrected chi connectivity index (χ3v) is 7.58. The fourth-order valence-electron chi connectivity index (χ4n) is 2.64. The van der Waals surface area contributed by atoms with E-state index in [-0.39, 0.29) is 12.2 Å². The highest BCUT2D eigenvalue weighted by atomic mass is 31.3. The second-order valence-corrected chi connectivity index (χ2v) is 10.2. The third kappa shape index (κ3) is 5.45.